The molecule has 3 heterocycles. The molecule has 194 valence electrons. The fourth-order valence-electron chi connectivity index (χ4n) is 5.69. The molecule has 11 heteroatoms. The highest BCUT2D eigenvalue weighted by atomic mass is 16.5. The van der Waals surface area contributed by atoms with Crippen molar-refractivity contribution in [3.05, 3.63) is 39.8 Å². The molecule has 3 aliphatic heterocycles. The Morgan fingerprint density at radius 3 is 2.53 bits per heavy atom. The molecule has 4 rings (SSSR count). The number of likely N-dealkylation sites (tertiary alicyclic amines) is 1. The van der Waals surface area contributed by atoms with Crippen LogP contribution in [0.5, 0.6) is 0 Å². The van der Waals surface area contributed by atoms with Gasteiger partial charge in [-0.25, -0.2) is 0 Å². The normalized spacial score (nSPS) is 25.4. The first kappa shape index (κ1) is 25.9. The van der Waals surface area contributed by atoms with E-state index in [0.29, 0.717) is 5.56 Å². The van der Waals surface area contributed by atoms with Crippen molar-refractivity contribution >= 4 is 23.3 Å². The van der Waals surface area contributed by atoms with Crippen molar-refractivity contribution in [3.8, 4) is 0 Å². The van der Waals surface area contributed by atoms with Crippen molar-refractivity contribution in [2.24, 2.45) is 16.3 Å². The highest BCUT2D eigenvalue weighted by Crippen LogP contribution is 2.42. The Balaban J connectivity index is 1.74. The Bertz CT molecular complexity index is 1090. The number of carbonyl (C=O) groups excluding carboxylic acids is 3. The molecule has 3 fully saturated rings. The topological polar surface area (TPSA) is 145 Å². The number of rotatable bonds is 6. The molecule has 0 spiro atoms. The first-order valence-corrected chi connectivity index (χ1v) is 12.5. The molecule has 0 aromatic heterocycles. The lowest BCUT2D eigenvalue weighted by atomic mass is 9.73. The maximum Gasteiger partial charge on any atom is 0.249 e. The number of nitrogens with two attached hydrogens (primary N) is 1. The molecule has 2 amide bonds. The van der Waals surface area contributed by atoms with Gasteiger partial charge in [-0.1, -0.05) is 32.8 Å². The summed E-state index contributed by atoms with van der Waals surface area (Å²) < 4.78 is 5.59. The van der Waals surface area contributed by atoms with Crippen molar-refractivity contribution in [2.75, 3.05) is 50.8 Å². The average Bonchev–Trinajstić information content (AvgIpc) is 3.39. The predicted octanol–water partition coefficient (Wildman–Crippen LogP) is 1.91. The second-order valence-electron chi connectivity index (χ2n) is 10.8. The summed E-state index contributed by atoms with van der Waals surface area (Å²) in [4.78, 5) is 48.3. The maximum atomic E-state index is 14.2. The molecule has 4 atom stereocenters. The van der Waals surface area contributed by atoms with E-state index in [1.165, 1.54) is 4.90 Å². The molecule has 3 saturated heterocycles. The number of ether oxygens (including phenoxy) is 1. The minimum absolute atomic E-state index is 0.0844. The van der Waals surface area contributed by atoms with Gasteiger partial charge in [-0.3, -0.25) is 14.4 Å². The van der Waals surface area contributed by atoms with Crippen molar-refractivity contribution in [2.45, 2.75) is 51.8 Å². The number of likely N-dealkylation sites (N-methyl/N-ethyl adjacent to an activating group) is 1. The number of hydrogen-bond donors (Lipinski definition) is 1. The summed E-state index contributed by atoms with van der Waals surface area (Å²) in [5.41, 5.74) is 15.9. The number of primary amides is 1. The molecule has 0 radical (unpaired) electrons. The molecule has 11 nitrogen and oxygen atoms in total. The van der Waals surface area contributed by atoms with Crippen LogP contribution in [0.25, 0.3) is 10.4 Å². The zero-order valence-electron chi connectivity index (χ0n) is 21.4. The Hall–Kier alpha value is -3.14. The average molecular weight is 498 g/mol. The number of benzene rings is 1. The van der Waals surface area contributed by atoms with Gasteiger partial charge < -0.3 is 25.2 Å². The van der Waals surface area contributed by atoms with Gasteiger partial charge in [-0.05, 0) is 41.3 Å². The Labute approximate surface area is 211 Å². The molecular formula is C25H35N7O4. The lowest BCUT2D eigenvalue weighted by Gasteiger charge is -2.38. The molecule has 0 saturated carbocycles. The third kappa shape index (κ3) is 4.78. The summed E-state index contributed by atoms with van der Waals surface area (Å²) in [6, 6.07) is 4.03. The first-order chi connectivity index (χ1) is 17.1. The van der Waals surface area contributed by atoms with Gasteiger partial charge in [-0.15, -0.1) is 0 Å². The zero-order valence-corrected chi connectivity index (χ0v) is 21.4. The van der Waals surface area contributed by atoms with E-state index in [4.69, 9.17) is 16.0 Å². The molecule has 3 aliphatic rings. The summed E-state index contributed by atoms with van der Waals surface area (Å²) >= 11 is 0. The summed E-state index contributed by atoms with van der Waals surface area (Å²) in [5.74, 6) is -1.88. The van der Waals surface area contributed by atoms with E-state index in [0.717, 1.165) is 38.4 Å². The Kier molecular flexibility index (Phi) is 7.26. The van der Waals surface area contributed by atoms with Crippen molar-refractivity contribution in [3.63, 3.8) is 0 Å². The van der Waals surface area contributed by atoms with E-state index in [-0.39, 0.29) is 30.4 Å². The number of amides is 2. The van der Waals surface area contributed by atoms with Gasteiger partial charge in [0, 0.05) is 48.9 Å². The Morgan fingerprint density at radius 2 is 1.94 bits per heavy atom. The highest BCUT2D eigenvalue weighted by Gasteiger charge is 2.54. The monoisotopic (exact) mass is 497 g/mol. The minimum atomic E-state index is -0.805. The smallest absolute Gasteiger partial charge is 0.249 e. The standard InChI is InChI=1S/C25H35N7O4/c1-5-30-8-10-31(11-9-30)15-6-7-16(23(26)34)17(12-15)20(25(2,3)4)24(35)32-13-18(28-29-27)22-21(32)19(33)14-36-22/h6-7,12,18,20-22H,5,8-11,13-14H2,1-4H3,(H2,26,34)/t18-,20+,21-,22-/m1/s1. The van der Waals surface area contributed by atoms with Crippen LogP contribution in [-0.2, 0) is 14.3 Å². The molecule has 2 N–H and O–H groups in total. The van der Waals surface area contributed by atoms with E-state index in [1.807, 2.05) is 32.9 Å². The number of azide groups is 1. The Morgan fingerprint density at radius 1 is 1.25 bits per heavy atom. The lowest BCUT2D eigenvalue weighted by molar-refractivity contribution is -0.139. The number of hydrogen-bond acceptors (Lipinski definition) is 7. The molecule has 36 heavy (non-hydrogen) atoms. The van der Waals surface area contributed by atoms with E-state index < -0.39 is 35.4 Å². The first-order valence-electron chi connectivity index (χ1n) is 12.5. The van der Waals surface area contributed by atoms with Crippen molar-refractivity contribution in [1.29, 1.82) is 0 Å². The van der Waals surface area contributed by atoms with Crippen LogP contribution in [0.4, 0.5) is 5.69 Å². The third-order valence-corrected chi connectivity index (χ3v) is 7.55. The van der Waals surface area contributed by atoms with Gasteiger partial charge in [0.05, 0.1) is 18.1 Å². The lowest BCUT2D eigenvalue weighted by Crippen LogP contribution is -2.47. The van der Waals surface area contributed by atoms with Crippen LogP contribution in [0.3, 0.4) is 0 Å². The van der Waals surface area contributed by atoms with Gasteiger partial charge in [0.1, 0.15) is 12.6 Å². The SMILES string of the molecule is CCN1CCN(c2ccc(C(N)=O)c([C@@H](C(=O)N3C[C@@H](N=[N+]=[N-])[C@H]4OCC(=O)[C@H]43)C(C)(C)C)c2)CC1. The van der Waals surface area contributed by atoms with Crippen LogP contribution in [0.15, 0.2) is 23.3 Å². The highest BCUT2D eigenvalue weighted by molar-refractivity contribution is 5.99. The number of nitrogens with zero attached hydrogens (tertiary/aromatic N) is 6. The maximum absolute atomic E-state index is 14.2. The summed E-state index contributed by atoms with van der Waals surface area (Å²) in [5, 5.41) is 3.79. The van der Waals surface area contributed by atoms with Crippen LogP contribution in [0, 0.1) is 5.41 Å². The van der Waals surface area contributed by atoms with Crippen LogP contribution < -0.4 is 10.6 Å². The van der Waals surface area contributed by atoms with E-state index in [9.17, 15) is 14.4 Å². The number of ketones is 1. The van der Waals surface area contributed by atoms with Gasteiger partial charge in [0.2, 0.25) is 11.8 Å². The number of fused-ring (bicyclic) bond motifs is 1. The third-order valence-electron chi connectivity index (χ3n) is 7.55. The molecule has 0 bridgehead atoms. The van der Waals surface area contributed by atoms with Gasteiger partial charge >= 0.3 is 0 Å². The second-order valence-corrected chi connectivity index (χ2v) is 10.8. The fourth-order valence-corrected chi connectivity index (χ4v) is 5.69. The van der Waals surface area contributed by atoms with E-state index in [2.05, 4.69) is 26.7 Å². The van der Waals surface area contributed by atoms with Gasteiger partial charge in [-0.2, -0.15) is 0 Å². The number of anilines is 1. The minimum Gasteiger partial charge on any atom is -0.369 e. The van der Waals surface area contributed by atoms with Crippen LogP contribution >= 0.6 is 0 Å². The van der Waals surface area contributed by atoms with Crippen LogP contribution in [0.1, 0.15) is 49.5 Å². The van der Waals surface area contributed by atoms with E-state index in [1.54, 1.807) is 6.07 Å². The quantitative estimate of drug-likeness (QED) is 0.361. The van der Waals surface area contributed by atoms with Crippen molar-refractivity contribution < 1.29 is 19.1 Å². The number of carbonyl (C=O) groups is 3. The zero-order chi connectivity index (χ0) is 26.2. The summed E-state index contributed by atoms with van der Waals surface area (Å²) in [7, 11) is 0. The summed E-state index contributed by atoms with van der Waals surface area (Å²) in [6.45, 7) is 12.4. The van der Waals surface area contributed by atoms with Crippen molar-refractivity contribution in [1.82, 2.24) is 9.80 Å². The molecule has 0 aliphatic carbocycles. The number of piperazine rings is 1. The second kappa shape index (κ2) is 10.1. The fraction of sp³-hybridized carbons (Fsp3) is 0.640. The van der Waals surface area contributed by atoms with E-state index >= 15 is 0 Å². The largest absolute Gasteiger partial charge is 0.369 e. The predicted molar refractivity (Wildman–Crippen MR) is 135 cm³/mol. The molecular weight excluding hydrogens is 462 g/mol. The summed E-state index contributed by atoms with van der Waals surface area (Å²) in [6.07, 6.45) is -0.658. The molecule has 1 aromatic carbocycles. The molecule has 1 aromatic rings. The van der Waals surface area contributed by atoms with Gasteiger partial charge in [0.15, 0.2) is 5.78 Å². The molecule has 0 unspecified atom stereocenters. The van der Waals surface area contributed by atoms with Crippen LogP contribution in [0.2, 0.25) is 0 Å². The van der Waals surface area contributed by atoms with Crippen LogP contribution in [-0.4, -0.2) is 91.5 Å². The number of Topliss-reactive ketones (excluding diaryl/α,β-unsaturated/α-hetero) is 1. The van der Waals surface area contributed by atoms with Gasteiger partial charge in [0.25, 0.3) is 0 Å².